The van der Waals surface area contributed by atoms with Crippen LogP contribution in [0.15, 0.2) is 72.9 Å². The number of hydrogen-bond acceptors (Lipinski definition) is 4. The smallest absolute Gasteiger partial charge is 0.254 e. The van der Waals surface area contributed by atoms with Crippen molar-refractivity contribution in [3.8, 4) is 17.0 Å². The van der Waals surface area contributed by atoms with E-state index in [4.69, 9.17) is 21.3 Å². The van der Waals surface area contributed by atoms with E-state index in [1.54, 1.807) is 0 Å². The van der Waals surface area contributed by atoms with Crippen molar-refractivity contribution in [2.45, 2.75) is 38.4 Å². The Hall–Kier alpha value is -3.35. The summed E-state index contributed by atoms with van der Waals surface area (Å²) in [4.78, 5) is 23.0. The molecule has 3 fully saturated rings. The zero-order chi connectivity index (χ0) is 24.6. The molecule has 0 saturated carbocycles. The molecule has 2 aromatic heterocycles. The minimum absolute atomic E-state index is 0.0996. The number of amides is 1. The van der Waals surface area contributed by atoms with E-state index in [0.29, 0.717) is 23.2 Å². The number of carbonyl (C=O) groups excluding carboxylic acids is 1. The van der Waals surface area contributed by atoms with Crippen molar-refractivity contribution in [2.24, 2.45) is 0 Å². The topological polar surface area (TPSA) is 50.1 Å². The number of piperazine rings is 1. The highest BCUT2D eigenvalue weighted by Crippen LogP contribution is 2.34. The third kappa shape index (κ3) is 4.25. The number of aromatic nitrogens is 2. The fourth-order valence-electron chi connectivity index (χ4n) is 5.64. The van der Waals surface area contributed by atoms with Crippen molar-refractivity contribution in [2.75, 3.05) is 19.7 Å². The predicted octanol–water partition coefficient (Wildman–Crippen LogP) is 5.54. The number of ether oxygens (including phenoxy) is 1. The van der Waals surface area contributed by atoms with Crippen LogP contribution >= 0.6 is 11.6 Å². The first kappa shape index (κ1) is 23.1. The molecule has 4 aromatic rings. The number of halogens is 1. The van der Waals surface area contributed by atoms with Gasteiger partial charge in [-0.1, -0.05) is 35.9 Å². The lowest BCUT2D eigenvalue weighted by Gasteiger charge is -2.51. The van der Waals surface area contributed by atoms with Crippen LogP contribution in [0.2, 0.25) is 5.02 Å². The summed E-state index contributed by atoms with van der Waals surface area (Å²) in [7, 11) is 0. The molecule has 7 rings (SSSR count). The fraction of sp³-hybridized carbons (Fsp3) is 0.310. The first-order valence-electron chi connectivity index (χ1n) is 12.6. The van der Waals surface area contributed by atoms with Gasteiger partial charge in [-0.3, -0.25) is 9.69 Å². The van der Waals surface area contributed by atoms with Gasteiger partial charge in [0.15, 0.2) is 0 Å². The molecule has 0 aliphatic carbocycles. The van der Waals surface area contributed by atoms with E-state index in [1.165, 1.54) is 5.69 Å². The SMILES string of the molecule is CCOc1cccc(C(=O)N2CC3CCC2CN3Cc2c(-c3ccc(Cl)cc3)nc3ccccn23)c1. The molecule has 3 aliphatic rings. The summed E-state index contributed by atoms with van der Waals surface area (Å²) < 4.78 is 7.81. The predicted molar refractivity (Wildman–Crippen MR) is 142 cm³/mol. The number of nitrogens with zero attached hydrogens (tertiary/aromatic N) is 4. The first-order chi connectivity index (χ1) is 17.6. The van der Waals surface area contributed by atoms with Crippen LogP contribution in [0.25, 0.3) is 16.9 Å². The lowest BCUT2D eigenvalue weighted by Crippen LogP contribution is -2.63. The maximum Gasteiger partial charge on any atom is 0.254 e. The Balaban J connectivity index is 1.26. The Kier molecular flexibility index (Phi) is 6.15. The number of rotatable bonds is 6. The van der Waals surface area contributed by atoms with Gasteiger partial charge in [0.2, 0.25) is 0 Å². The van der Waals surface area contributed by atoms with Crippen LogP contribution in [0.1, 0.15) is 35.8 Å². The molecule has 3 aliphatic heterocycles. The second-order valence-corrected chi connectivity index (χ2v) is 10.0. The molecule has 184 valence electrons. The van der Waals surface area contributed by atoms with Gasteiger partial charge in [-0.25, -0.2) is 4.98 Å². The number of hydrogen-bond donors (Lipinski definition) is 0. The Labute approximate surface area is 216 Å². The van der Waals surface area contributed by atoms with Gasteiger partial charge in [0.1, 0.15) is 11.4 Å². The average molecular weight is 501 g/mol. The van der Waals surface area contributed by atoms with Gasteiger partial charge in [-0.05, 0) is 62.2 Å². The molecule has 2 atom stereocenters. The summed E-state index contributed by atoms with van der Waals surface area (Å²) in [5, 5.41) is 0.717. The van der Waals surface area contributed by atoms with Crippen molar-refractivity contribution < 1.29 is 9.53 Å². The lowest BCUT2D eigenvalue weighted by atomic mass is 9.89. The van der Waals surface area contributed by atoms with Gasteiger partial charge in [-0.15, -0.1) is 0 Å². The summed E-state index contributed by atoms with van der Waals surface area (Å²) >= 11 is 6.15. The summed E-state index contributed by atoms with van der Waals surface area (Å²) in [6, 6.07) is 22.1. The second-order valence-electron chi connectivity index (χ2n) is 9.58. The van der Waals surface area contributed by atoms with Crippen molar-refractivity contribution in [3.63, 3.8) is 0 Å². The average Bonchev–Trinajstić information content (AvgIpc) is 3.28. The number of pyridine rings is 1. The van der Waals surface area contributed by atoms with Crippen LogP contribution in [-0.2, 0) is 6.54 Å². The number of carbonyl (C=O) groups is 1. The lowest BCUT2D eigenvalue weighted by molar-refractivity contribution is -0.0159. The zero-order valence-electron chi connectivity index (χ0n) is 20.3. The number of benzene rings is 2. The molecule has 0 spiro atoms. The van der Waals surface area contributed by atoms with Crippen LogP contribution in [-0.4, -0.2) is 56.9 Å². The van der Waals surface area contributed by atoms with E-state index in [1.807, 2.05) is 73.7 Å². The molecule has 2 unspecified atom stereocenters. The summed E-state index contributed by atoms with van der Waals surface area (Å²) in [6.07, 6.45) is 4.22. The van der Waals surface area contributed by atoms with Crippen molar-refractivity contribution in [3.05, 3.63) is 89.2 Å². The third-order valence-corrected chi connectivity index (χ3v) is 7.65. The monoisotopic (exact) mass is 500 g/mol. The second kappa shape index (κ2) is 9.60. The molecule has 7 heteroatoms. The Bertz CT molecular complexity index is 1400. The van der Waals surface area contributed by atoms with Gasteiger partial charge in [0.05, 0.1) is 18.0 Å². The van der Waals surface area contributed by atoms with E-state index >= 15 is 0 Å². The molecule has 0 radical (unpaired) electrons. The maximum atomic E-state index is 13.4. The zero-order valence-corrected chi connectivity index (χ0v) is 21.1. The van der Waals surface area contributed by atoms with Crippen molar-refractivity contribution in [1.29, 1.82) is 0 Å². The van der Waals surface area contributed by atoms with E-state index in [9.17, 15) is 4.79 Å². The molecule has 3 saturated heterocycles. The molecular weight excluding hydrogens is 472 g/mol. The van der Waals surface area contributed by atoms with Crippen molar-refractivity contribution >= 4 is 23.2 Å². The minimum atomic E-state index is 0.0996. The normalized spacial score (nSPS) is 19.7. The molecule has 2 aromatic carbocycles. The summed E-state index contributed by atoms with van der Waals surface area (Å²) in [5.41, 5.74) is 4.85. The Morgan fingerprint density at radius 1 is 1.03 bits per heavy atom. The molecule has 36 heavy (non-hydrogen) atoms. The van der Waals surface area contributed by atoms with Crippen LogP contribution < -0.4 is 4.74 Å². The standard InChI is InChI=1S/C29H29ClN4O2/c1-2-36-25-7-5-6-21(16-25)29(35)34-18-23-13-14-24(34)17-32(23)19-26-28(20-9-11-22(30)12-10-20)31-27-8-3-4-15-33(26)27/h3-12,15-16,23-24H,2,13-14,17-19H2,1H3. The number of piperidine rings is 2. The minimum Gasteiger partial charge on any atom is -0.494 e. The van der Waals surface area contributed by atoms with E-state index in [-0.39, 0.29) is 11.9 Å². The molecule has 0 N–H and O–H groups in total. The van der Waals surface area contributed by atoms with Gasteiger partial charge < -0.3 is 14.0 Å². The van der Waals surface area contributed by atoms with Gasteiger partial charge in [0, 0.05) is 54.1 Å². The molecule has 2 bridgehead atoms. The maximum absolute atomic E-state index is 13.4. The van der Waals surface area contributed by atoms with E-state index in [2.05, 4.69) is 20.4 Å². The van der Waals surface area contributed by atoms with Crippen LogP contribution in [0.4, 0.5) is 0 Å². The van der Waals surface area contributed by atoms with Gasteiger partial charge >= 0.3 is 0 Å². The van der Waals surface area contributed by atoms with Crippen LogP contribution in [0.3, 0.4) is 0 Å². The number of imidazole rings is 1. The fourth-order valence-corrected chi connectivity index (χ4v) is 5.76. The Morgan fingerprint density at radius 2 is 1.86 bits per heavy atom. The van der Waals surface area contributed by atoms with Gasteiger partial charge in [-0.2, -0.15) is 0 Å². The van der Waals surface area contributed by atoms with Crippen LogP contribution in [0.5, 0.6) is 5.75 Å². The third-order valence-electron chi connectivity index (χ3n) is 7.40. The highest BCUT2D eigenvalue weighted by atomic mass is 35.5. The highest BCUT2D eigenvalue weighted by Gasteiger charge is 2.41. The molecule has 1 amide bonds. The first-order valence-corrected chi connectivity index (χ1v) is 13.0. The largest absolute Gasteiger partial charge is 0.494 e. The van der Waals surface area contributed by atoms with E-state index < -0.39 is 0 Å². The van der Waals surface area contributed by atoms with Crippen LogP contribution in [0, 0.1) is 0 Å². The molecule has 6 nitrogen and oxygen atoms in total. The molecule has 5 heterocycles. The van der Waals surface area contributed by atoms with E-state index in [0.717, 1.165) is 55.1 Å². The van der Waals surface area contributed by atoms with Gasteiger partial charge in [0.25, 0.3) is 5.91 Å². The molecular formula is C29H29ClN4O2. The highest BCUT2D eigenvalue weighted by molar-refractivity contribution is 6.30. The summed E-state index contributed by atoms with van der Waals surface area (Å²) in [6.45, 7) is 4.93. The number of fused-ring (bicyclic) bond motifs is 4. The quantitative estimate of drug-likeness (QED) is 0.348. The van der Waals surface area contributed by atoms with Crippen molar-refractivity contribution in [1.82, 2.24) is 19.2 Å². The Morgan fingerprint density at radius 3 is 2.64 bits per heavy atom. The summed E-state index contributed by atoms with van der Waals surface area (Å²) in [5.74, 6) is 0.844.